The maximum absolute atomic E-state index is 13.1. The van der Waals surface area contributed by atoms with Crippen LogP contribution in [0.2, 0.25) is 0 Å². The average Bonchev–Trinajstić information content (AvgIpc) is 3.10. The third kappa shape index (κ3) is 25.3. The van der Waals surface area contributed by atoms with Gasteiger partial charge in [-0.2, -0.15) is 0 Å². The van der Waals surface area contributed by atoms with Gasteiger partial charge in [-0.3, -0.25) is 9.59 Å². The Kier molecular flexibility index (Phi) is 29.5. The van der Waals surface area contributed by atoms with E-state index in [2.05, 4.69) is 31.4 Å². The zero-order chi connectivity index (χ0) is 37.4. The molecule has 1 aromatic carbocycles. The van der Waals surface area contributed by atoms with E-state index >= 15 is 0 Å². The lowest BCUT2D eigenvalue weighted by molar-refractivity contribution is -0.117. The van der Waals surface area contributed by atoms with E-state index in [1.54, 1.807) is 12.1 Å². The van der Waals surface area contributed by atoms with Gasteiger partial charge in [-0.15, -0.1) is 0 Å². The van der Waals surface area contributed by atoms with E-state index < -0.39 is 5.97 Å². The highest BCUT2D eigenvalue weighted by molar-refractivity contribution is 6.00. The highest BCUT2D eigenvalue weighted by atomic mass is 16.5. The molecule has 6 heteroatoms. The molecule has 51 heavy (non-hydrogen) atoms. The van der Waals surface area contributed by atoms with E-state index in [0.717, 1.165) is 56.9 Å². The predicted octanol–water partition coefficient (Wildman–Crippen LogP) is 14.2. The van der Waals surface area contributed by atoms with Gasteiger partial charge in [-0.25, -0.2) is 4.79 Å². The van der Waals surface area contributed by atoms with Crippen LogP contribution >= 0.6 is 0 Å². The molecule has 6 nitrogen and oxygen atoms in total. The lowest BCUT2D eigenvalue weighted by atomic mass is 10.0. The van der Waals surface area contributed by atoms with Crippen molar-refractivity contribution < 1.29 is 19.1 Å². The van der Waals surface area contributed by atoms with E-state index in [0.29, 0.717) is 29.8 Å². The van der Waals surface area contributed by atoms with E-state index in [4.69, 9.17) is 4.74 Å². The monoisotopic (exact) mass is 713 g/mol. The van der Waals surface area contributed by atoms with Crippen molar-refractivity contribution >= 4 is 29.2 Å². The first-order valence-corrected chi connectivity index (χ1v) is 21.8. The van der Waals surface area contributed by atoms with Crippen LogP contribution in [0.4, 0.5) is 11.4 Å². The first-order chi connectivity index (χ1) is 24.8. The first-order valence-electron chi connectivity index (χ1n) is 21.8. The minimum Gasteiger partial charge on any atom is -0.459 e. The Labute approximate surface area is 314 Å². The van der Waals surface area contributed by atoms with Crippen LogP contribution in [0.5, 0.6) is 0 Å². The molecule has 2 amide bonds. The van der Waals surface area contributed by atoms with E-state index in [1.165, 1.54) is 128 Å². The molecule has 1 atom stereocenters. The molecule has 0 aromatic heterocycles. The number of esters is 1. The number of benzene rings is 1. The molecule has 0 radical (unpaired) electrons. The number of carbonyl (C=O) groups excluding carboxylic acids is 3. The number of hydrogen-bond acceptors (Lipinski definition) is 4. The molecular formula is C45H80N2O4. The lowest BCUT2D eigenvalue weighted by Gasteiger charge is -2.17. The van der Waals surface area contributed by atoms with Crippen molar-refractivity contribution in [3.8, 4) is 0 Å². The summed E-state index contributed by atoms with van der Waals surface area (Å²) in [6, 6.07) is 3.39. The number of carbonyl (C=O) groups is 3. The summed E-state index contributed by atoms with van der Waals surface area (Å²) in [6.45, 7) is 10.4. The van der Waals surface area contributed by atoms with Crippen LogP contribution in [0.25, 0.3) is 0 Å². The van der Waals surface area contributed by atoms with Gasteiger partial charge in [0, 0.05) is 24.2 Å². The van der Waals surface area contributed by atoms with E-state index in [9.17, 15) is 14.4 Å². The van der Waals surface area contributed by atoms with Gasteiger partial charge in [0.2, 0.25) is 11.8 Å². The second kappa shape index (κ2) is 32.3. The number of anilines is 2. The summed E-state index contributed by atoms with van der Waals surface area (Å²) in [5, 5.41) is 6.08. The summed E-state index contributed by atoms with van der Waals surface area (Å²) < 4.78 is 5.68. The summed E-state index contributed by atoms with van der Waals surface area (Å²) in [5.74, 6) is -0.555. The number of rotatable bonds is 34. The molecular weight excluding hydrogens is 633 g/mol. The summed E-state index contributed by atoms with van der Waals surface area (Å²) in [7, 11) is 0. The van der Waals surface area contributed by atoms with Gasteiger partial charge in [0.25, 0.3) is 0 Å². The van der Waals surface area contributed by atoms with Crippen molar-refractivity contribution in [3.63, 3.8) is 0 Å². The maximum Gasteiger partial charge on any atom is 0.338 e. The van der Waals surface area contributed by atoms with Crippen LogP contribution in [0.1, 0.15) is 236 Å². The summed E-state index contributed by atoms with van der Waals surface area (Å²) >= 11 is 0. The van der Waals surface area contributed by atoms with E-state index in [-0.39, 0.29) is 17.9 Å². The van der Waals surface area contributed by atoms with Gasteiger partial charge in [0.15, 0.2) is 0 Å². The minimum atomic E-state index is -0.435. The minimum absolute atomic E-state index is 0.0599. The highest BCUT2D eigenvalue weighted by Crippen LogP contribution is 2.28. The SMILES string of the molecule is CCCCCCCCCCCCCCCC(=O)Nc1cc(C(=O)O[C@H](C)CCC)cc(NC(=O)CCCCCCCCCCCCCCC)c1C. The summed E-state index contributed by atoms with van der Waals surface area (Å²) in [5.41, 5.74) is 2.22. The smallest absolute Gasteiger partial charge is 0.338 e. The molecule has 294 valence electrons. The molecule has 0 aliphatic rings. The molecule has 0 spiro atoms. The Balaban J connectivity index is 2.52. The summed E-state index contributed by atoms with van der Waals surface area (Å²) in [6.07, 6.45) is 35.3. The third-order valence-corrected chi connectivity index (χ3v) is 10.2. The topological polar surface area (TPSA) is 84.5 Å². The Bertz CT molecular complexity index is 974. The molecule has 1 rings (SSSR count). The van der Waals surface area contributed by atoms with Crippen LogP contribution in [0.3, 0.4) is 0 Å². The first kappa shape index (κ1) is 46.7. The van der Waals surface area contributed by atoms with Gasteiger partial charge < -0.3 is 15.4 Å². The number of nitrogens with one attached hydrogen (secondary N) is 2. The molecule has 0 fully saturated rings. The Morgan fingerprint density at radius 1 is 0.510 bits per heavy atom. The highest BCUT2D eigenvalue weighted by Gasteiger charge is 2.18. The van der Waals surface area contributed by atoms with Crippen molar-refractivity contribution in [2.75, 3.05) is 10.6 Å². The Hall–Kier alpha value is -2.37. The molecule has 0 saturated heterocycles. The molecule has 0 saturated carbocycles. The van der Waals surface area contributed by atoms with Gasteiger partial charge >= 0.3 is 5.97 Å². The van der Waals surface area contributed by atoms with Crippen LogP contribution in [0, 0.1) is 6.92 Å². The Morgan fingerprint density at radius 3 is 1.14 bits per heavy atom. The molecule has 1 aromatic rings. The number of ether oxygens (including phenoxy) is 1. The Morgan fingerprint density at radius 2 is 0.824 bits per heavy atom. The van der Waals surface area contributed by atoms with Gasteiger partial charge in [0.05, 0.1) is 11.7 Å². The fourth-order valence-electron chi connectivity index (χ4n) is 6.84. The standard InChI is InChI=1S/C45H80N2O4/c1-6-9-11-13-15-17-19-21-23-25-27-29-31-34-43(48)46-41-36-40(45(50)51-38(4)33-8-3)37-42(39(41)5)47-44(49)35-32-30-28-26-24-22-20-18-16-14-12-10-7-2/h36-38H,6-35H2,1-5H3,(H,46,48)(H,47,49)/t38-/m1/s1. The largest absolute Gasteiger partial charge is 0.459 e. The third-order valence-electron chi connectivity index (χ3n) is 10.2. The summed E-state index contributed by atoms with van der Waals surface area (Å²) in [4.78, 5) is 39.0. The second-order valence-electron chi connectivity index (χ2n) is 15.3. The van der Waals surface area contributed by atoms with Crippen LogP contribution in [-0.2, 0) is 14.3 Å². The number of hydrogen-bond donors (Lipinski definition) is 2. The second-order valence-corrected chi connectivity index (χ2v) is 15.3. The lowest BCUT2D eigenvalue weighted by Crippen LogP contribution is -2.18. The van der Waals surface area contributed by atoms with Crippen molar-refractivity contribution in [3.05, 3.63) is 23.3 Å². The molecule has 0 heterocycles. The number of unbranched alkanes of at least 4 members (excludes halogenated alkanes) is 24. The maximum atomic E-state index is 13.1. The quantitative estimate of drug-likeness (QED) is 0.0550. The normalized spacial score (nSPS) is 11.8. The van der Waals surface area contributed by atoms with Gasteiger partial charge in [-0.1, -0.05) is 181 Å². The molecule has 0 aliphatic carbocycles. The molecule has 0 unspecified atom stereocenters. The fourth-order valence-corrected chi connectivity index (χ4v) is 6.84. The van der Waals surface area contributed by atoms with Crippen molar-refractivity contribution in [1.29, 1.82) is 0 Å². The number of amides is 2. The zero-order valence-corrected chi connectivity index (χ0v) is 34.1. The predicted molar refractivity (Wildman–Crippen MR) is 219 cm³/mol. The van der Waals surface area contributed by atoms with Crippen molar-refractivity contribution in [2.45, 2.75) is 233 Å². The van der Waals surface area contributed by atoms with Crippen molar-refractivity contribution in [2.24, 2.45) is 0 Å². The van der Waals surface area contributed by atoms with Crippen LogP contribution < -0.4 is 10.6 Å². The van der Waals surface area contributed by atoms with Gasteiger partial charge in [-0.05, 0) is 50.8 Å². The molecule has 2 N–H and O–H groups in total. The fraction of sp³-hybridized carbons (Fsp3) is 0.800. The van der Waals surface area contributed by atoms with Crippen LogP contribution in [0.15, 0.2) is 12.1 Å². The average molecular weight is 713 g/mol. The van der Waals surface area contributed by atoms with Crippen molar-refractivity contribution in [1.82, 2.24) is 0 Å². The molecule has 0 aliphatic heterocycles. The van der Waals surface area contributed by atoms with Gasteiger partial charge in [0.1, 0.15) is 0 Å². The molecule has 0 bridgehead atoms. The van der Waals surface area contributed by atoms with Crippen LogP contribution in [-0.4, -0.2) is 23.9 Å². The zero-order valence-electron chi connectivity index (χ0n) is 34.1. The van der Waals surface area contributed by atoms with E-state index in [1.807, 2.05) is 13.8 Å².